The second-order valence-corrected chi connectivity index (χ2v) is 6.22. The molecule has 0 aliphatic heterocycles. The molecule has 1 aliphatic carbocycles. The first-order valence-corrected chi connectivity index (χ1v) is 8.19. The molecule has 24 heavy (non-hydrogen) atoms. The lowest BCUT2D eigenvalue weighted by Crippen LogP contribution is -2.46. The number of alkyl halides is 3. The van der Waals surface area contributed by atoms with Crippen molar-refractivity contribution in [1.82, 2.24) is 10.2 Å². The standard InChI is InChI=1S/C17H24F3N3O/c1-3-23(4-2)14(11-22-15(24)16(21)9-10-16)12-5-7-13(8-6-12)17(18,19)20/h5-8,14H,3-4,9-11,21H2,1-2H3,(H,22,24). The minimum absolute atomic E-state index is 0.186. The molecule has 1 atom stereocenters. The van der Waals surface area contributed by atoms with E-state index in [0.717, 1.165) is 30.8 Å². The van der Waals surface area contributed by atoms with Gasteiger partial charge in [-0.15, -0.1) is 0 Å². The third kappa shape index (κ3) is 4.27. The summed E-state index contributed by atoms with van der Waals surface area (Å²) in [5.74, 6) is -0.188. The molecule has 2 rings (SSSR count). The number of hydrogen-bond donors (Lipinski definition) is 2. The van der Waals surface area contributed by atoms with Gasteiger partial charge in [0.15, 0.2) is 0 Å². The number of hydrogen-bond acceptors (Lipinski definition) is 3. The summed E-state index contributed by atoms with van der Waals surface area (Å²) in [5.41, 5.74) is 5.19. The van der Waals surface area contributed by atoms with Crippen molar-refractivity contribution in [3.63, 3.8) is 0 Å². The summed E-state index contributed by atoms with van der Waals surface area (Å²) >= 11 is 0. The van der Waals surface area contributed by atoms with E-state index in [0.29, 0.717) is 19.4 Å². The third-order valence-corrected chi connectivity index (χ3v) is 4.57. The van der Waals surface area contributed by atoms with E-state index in [9.17, 15) is 18.0 Å². The van der Waals surface area contributed by atoms with Crippen molar-refractivity contribution in [2.75, 3.05) is 19.6 Å². The Morgan fingerprint density at radius 3 is 2.21 bits per heavy atom. The molecule has 1 unspecified atom stereocenters. The number of nitrogens with two attached hydrogens (primary N) is 1. The molecule has 3 N–H and O–H groups in total. The van der Waals surface area contributed by atoms with E-state index < -0.39 is 17.3 Å². The summed E-state index contributed by atoms with van der Waals surface area (Å²) in [6, 6.07) is 4.94. The molecule has 0 heterocycles. The van der Waals surface area contributed by atoms with Gasteiger partial charge in [0.2, 0.25) is 5.91 Å². The van der Waals surface area contributed by atoms with Crippen LogP contribution >= 0.6 is 0 Å². The van der Waals surface area contributed by atoms with Crippen molar-refractivity contribution in [2.24, 2.45) is 5.73 Å². The molecule has 1 aliphatic rings. The van der Waals surface area contributed by atoms with Gasteiger partial charge in [0, 0.05) is 6.54 Å². The van der Waals surface area contributed by atoms with Gasteiger partial charge in [-0.1, -0.05) is 26.0 Å². The lowest BCUT2D eigenvalue weighted by molar-refractivity contribution is -0.137. The normalized spacial score (nSPS) is 17.6. The fraction of sp³-hybridized carbons (Fsp3) is 0.588. The van der Waals surface area contributed by atoms with Crippen LogP contribution in [0.5, 0.6) is 0 Å². The van der Waals surface area contributed by atoms with Crippen LogP contribution in [0.2, 0.25) is 0 Å². The number of nitrogens with one attached hydrogen (secondary N) is 1. The minimum atomic E-state index is -4.35. The Morgan fingerprint density at radius 1 is 1.25 bits per heavy atom. The Morgan fingerprint density at radius 2 is 1.79 bits per heavy atom. The Kier molecular flexibility index (Phi) is 5.55. The fourth-order valence-electron chi connectivity index (χ4n) is 2.74. The maximum absolute atomic E-state index is 12.7. The molecule has 134 valence electrons. The van der Waals surface area contributed by atoms with Gasteiger partial charge in [-0.3, -0.25) is 9.69 Å². The number of halogens is 3. The SMILES string of the molecule is CCN(CC)C(CNC(=O)C1(N)CC1)c1ccc(C(F)(F)F)cc1. The van der Waals surface area contributed by atoms with Gasteiger partial charge in [-0.25, -0.2) is 0 Å². The summed E-state index contributed by atoms with van der Waals surface area (Å²) in [4.78, 5) is 14.1. The maximum atomic E-state index is 12.7. The van der Waals surface area contributed by atoms with Gasteiger partial charge in [0.05, 0.1) is 17.1 Å². The first kappa shape index (κ1) is 18.7. The van der Waals surface area contributed by atoms with E-state index in [4.69, 9.17) is 5.73 Å². The second kappa shape index (κ2) is 7.11. The van der Waals surface area contributed by atoms with E-state index in [2.05, 4.69) is 10.2 Å². The predicted molar refractivity (Wildman–Crippen MR) is 86.3 cm³/mol. The number of nitrogens with zero attached hydrogens (tertiary/aromatic N) is 1. The lowest BCUT2D eigenvalue weighted by atomic mass is 10.0. The molecule has 1 saturated carbocycles. The Balaban J connectivity index is 2.14. The number of rotatable bonds is 7. The van der Waals surface area contributed by atoms with Crippen molar-refractivity contribution >= 4 is 5.91 Å². The molecule has 0 aromatic heterocycles. The zero-order chi connectivity index (χ0) is 18.0. The monoisotopic (exact) mass is 343 g/mol. The van der Waals surface area contributed by atoms with E-state index >= 15 is 0 Å². The van der Waals surface area contributed by atoms with Crippen LogP contribution in [0.15, 0.2) is 24.3 Å². The molecule has 1 amide bonds. The summed E-state index contributed by atoms with van der Waals surface area (Å²) in [7, 11) is 0. The van der Waals surface area contributed by atoms with Crippen LogP contribution in [0.4, 0.5) is 13.2 Å². The highest BCUT2D eigenvalue weighted by Gasteiger charge is 2.46. The number of carbonyl (C=O) groups excluding carboxylic acids is 1. The van der Waals surface area contributed by atoms with Crippen LogP contribution in [-0.4, -0.2) is 36.0 Å². The molecule has 4 nitrogen and oxygen atoms in total. The minimum Gasteiger partial charge on any atom is -0.353 e. The summed E-state index contributed by atoms with van der Waals surface area (Å²) in [6.07, 6.45) is -3.00. The quantitative estimate of drug-likeness (QED) is 0.800. The van der Waals surface area contributed by atoms with E-state index in [1.807, 2.05) is 13.8 Å². The molecule has 0 radical (unpaired) electrons. The van der Waals surface area contributed by atoms with Gasteiger partial charge in [-0.2, -0.15) is 13.2 Å². The van der Waals surface area contributed by atoms with Crippen LogP contribution in [0, 0.1) is 0 Å². The van der Waals surface area contributed by atoms with Crippen molar-refractivity contribution < 1.29 is 18.0 Å². The highest BCUT2D eigenvalue weighted by Crippen LogP contribution is 2.33. The molecule has 7 heteroatoms. The fourth-order valence-corrected chi connectivity index (χ4v) is 2.74. The topological polar surface area (TPSA) is 58.4 Å². The average molecular weight is 343 g/mol. The van der Waals surface area contributed by atoms with Crippen molar-refractivity contribution in [3.05, 3.63) is 35.4 Å². The zero-order valence-corrected chi connectivity index (χ0v) is 14.0. The largest absolute Gasteiger partial charge is 0.416 e. The molecule has 0 spiro atoms. The Hall–Kier alpha value is -1.60. The highest BCUT2D eigenvalue weighted by molar-refractivity contribution is 5.88. The lowest BCUT2D eigenvalue weighted by Gasteiger charge is -2.31. The number of carbonyl (C=O) groups is 1. The van der Waals surface area contributed by atoms with Gasteiger partial charge in [0.25, 0.3) is 0 Å². The van der Waals surface area contributed by atoms with Crippen molar-refractivity contribution in [1.29, 1.82) is 0 Å². The maximum Gasteiger partial charge on any atom is 0.416 e. The van der Waals surface area contributed by atoms with Crippen LogP contribution < -0.4 is 11.1 Å². The Bertz CT molecular complexity index is 563. The molecule has 0 bridgehead atoms. The zero-order valence-electron chi connectivity index (χ0n) is 14.0. The predicted octanol–water partition coefficient (Wildman–Crippen LogP) is 2.70. The van der Waals surface area contributed by atoms with Crippen LogP contribution in [0.3, 0.4) is 0 Å². The van der Waals surface area contributed by atoms with E-state index in [1.165, 1.54) is 12.1 Å². The first-order valence-electron chi connectivity index (χ1n) is 8.19. The smallest absolute Gasteiger partial charge is 0.353 e. The number of amides is 1. The summed E-state index contributed by atoms with van der Waals surface area (Å²) in [6.45, 7) is 5.74. The number of likely N-dealkylation sites (N-methyl/N-ethyl adjacent to an activating group) is 1. The van der Waals surface area contributed by atoms with Gasteiger partial charge in [0.1, 0.15) is 0 Å². The Labute approximate surface area is 140 Å². The molecule has 0 saturated heterocycles. The van der Waals surface area contributed by atoms with Crippen LogP contribution in [0.1, 0.15) is 43.9 Å². The van der Waals surface area contributed by atoms with Crippen LogP contribution in [0.25, 0.3) is 0 Å². The molecular formula is C17H24F3N3O. The first-order chi connectivity index (χ1) is 11.2. The number of benzene rings is 1. The van der Waals surface area contributed by atoms with Crippen molar-refractivity contribution in [3.8, 4) is 0 Å². The van der Waals surface area contributed by atoms with E-state index in [-0.39, 0.29) is 11.9 Å². The van der Waals surface area contributed by atoms with Crippen molar-refractivity contribution in [2.45, 2.75) is 44.4 Å². The summed E-state index contributed by atoms with van der Waals surface area (Å²) in [5, 5.41) is 2.85. The molecule has 1 aromatic carbocycles. The van der Waals surface area contributed by atoms with Gasteiger partial charge in [-0.05, 0) is 43.6 Å². The average Bonchev–Trinajstić information content (AvgIpc) is 3.29. The van der Waals surface area contributed by atoms with Crippen LogP contribution in [-0.2, 0) is 11.0 Å². The van der Waals surface area contributed by atoms with Gasteiger partial charge >= 0.3 is 6.18 Å². The second-order valence-electron chi connectivity index (χ2n) is 6.22. The molecule has 1 aromatic rings. The highest BCUT2D eigenvalue weighted by atomic mass is 19.4. The van der Waals surface area contributed by atoms with E-state index in [1.54, 1.807) is 0 Å². The third-order valence-electron chi connectivity index (χ3n) is 4.57. The molecular weight excluding hydrogens is 319 g/mol. The summed E-state index contributed by atoms with van der Waals surface area (Å²) < 4.78 is 38.2. The van der Waals surface area contributed by atoms with Gasteiger partial charge < -0.3 is 11.1 Å². The molecule has 1 fully saturated rings.